The molecular weight excluding hydrogens is 275 g/mol. The van der Waals surface area contributed by atoms with E-state index in [1.807, 2.05) is 6.92 Å². The Labute approximate surface area is 114 Å². The summed E-state index contributed by atoms with van der Waals surface area (Å²) in [7, 11) is 0. The number of halogens is 2. The van der Waals surface area contributed by atoms with Crippen LogP contribution in [-0.2, 0) is 6.54 Å². The number of aromatic amines is 1. The van der Waals surface area contributed by atoms with Crippen LogP contribution in [0.2, 0.25) is 10.0 Å². The van der Waals surface area contributed by atoms with Crippen molar-refractivity contribution in [2.45, 2.75) is 19.5 Å². The molecule has 5 nitrogen and oxygen atoms in total. The monoisotopic (exact) mass is 286 g/mol. The predicted molar refractivity (Wildman–Crippen MR) is 69.8 cm³/mol. The number of nitrogens with one attached hydrogen (secondary N) is 2. The molecule has 2 aromatic rings. The van der Waals surface area contributed by atoms with E-state index in [1.165, 1.54) is 12.4 Å². The number of aromatic nitrogens is 3. The van der Waals surface area contributed by atoms with Gasteiger partial charge in [-0.25, -0.2) is 4.98 Å². The van der Waals surface area contributed by atoms with Gasteiger partial charge in [0.15, 0.2) is 0 Å². The van der Waals surface area contributed by atoms with Crippen molar-refractivity contribution < 1.29 is 5.11 Å². The zero-order valence-corrected chi connectivity index (χ0v) is 11.1. The molecule has 0 amide bonds. The van der Waals surface area contributed by atoms with Crippen molar-refractivity contribution >= 4 is 23.2 Å². The highest BCUT2D eigenvalue weighted by molar-refractivity contribution is 6.35. The number of H-pyrrole nitrogens is 1. The van der Waals surface area contributed by atoms with E-state index in [1.54, 1.807) is 6.07 Å². The molecule has 0 saturated carbocycles. The number of hydrogen-bond acceptors (Lipinski definition) is 4. The Morgan fingerprint density at radius 1 is 1.44 bits per heavy atom. The van der Waals surface area contributed by atoms with Gasteiger partial charge in [-0.2, -0.15) is 5.10 Å². The lowest BCUT2D eigenvalue weighted by Gasteiger charge is -2.12. The Hall–Kier alpha value is -1.30. The van der Waals surface area contributed by atoms with E-state index >= 15 is 0 Å². The second-order valence-corrected chi connectivity index (χ2v) is 4.71. The number of rotatable bonds is 4. The van der Waals surface area contributed by atoms with Crippen LogP contribution in [0, 0.1) is 0 Å². The van der Waals surface area contributed by atoms with Crippen LogP contribution in [0.3, 0.4) is 0 Å². The topological polar surface area (TPSA) is 73.8 Å². The third-order valence-electron chi connectivity index (χ3n) is 2.55. The van der Waals surface area contributed by atoms with Gasteiger partial charge in [0.1, 0.15) is 17.9 Å². The van der Waals surface area contributed by atoms with Crippen LogP contribution in [0.1, 0.15) is 24.4 Å². The first kappa shape index (κ1) is 13.1. The van der Waals surface area contributed by atoms with Gasteiger partial charge in [0.2, 0.25) is 0 Å². The Morgan fingerprint density at radius 2 is 2.22 bits per heavy atom. The van der Waals surface area contributed by atoms with Gasteiger partial charge in [-0.05, 0) is 19.1 Å². The SMILES string of the molecule is CC(NCc1cc(Cl)cc(Cl)c1O)c1ncn[nH]1. The fourth-order valence-electron chi connectivity index (χ4n) is 1.54. The molecule has 0 aliphatic carbocycles. The van der Waals surface area contributed by atoms with Crippen LogP contribution in [0.25, 0.3) is 0 Å². The Kier molecular flexibility index (Phi) is 4.06. The Bertz CT molecular complexity index is 530. The van der Waals surface area contributed by atoms with Gasteiger partial charge >= 0.3 is 0 Å². The summed E-state index contributed by atoms with van der Waals surface area (Å²) in [5.74, 6) is 0.765. The molecule has 0 saturated heterocycles. The van der Waals surface area contributed by atoms with E-state index in [-0.39, 0.29) is 16.8 Å². The van der Waals surface area contributed by atoms with Crippen LogP contribution < -0.4 is 5.32 Å². The van der Waals surface area contributed by atoms with Crippen LogP contribution in [0.5, 0.6) is 5.75 Å². The van der Waals surface area contributed by atoms with Crippen molar-refractivity contribution in [3.63, 3.8) is 0 Å². The number of nitrogens with zero attached hydrogens (tertiary/aromatic N) is 2. The van der Waals surface area contributed by atoms with Crippen molar-refractivity contribution in [2.24, 2.45) is 0 Å². The molecule has 1 aromatic heterocycles. The van der Waals surface area contributed by atoms with Crippen molar-refractivity contribution in [1.82, 2.24) is 20.5 Å². The molecule has 96 valence electrons. The summed E-state index contributed by atoms with van der Waals surface area (Å²) in [6, 6.07) is 3.15. The summed E-state index contributed by atoms with van der Waals surface area (Å²) in [5, 5.41) is 20.3. The number of aromatic hydroxyl groups is 1. The maximum absolute atomic E-state index is 9.80. The second kappa shape index (κ2) is 5.56. The zero-order chi connectivity index (χ0) is 13.1. The number of phenolic OH excluding ortho intramolecular Hbond substituents is 1. The third kappa shape index (κ3) is 2.93. The highest BCUT2D eigenvalue weighted by Gasteiger charge is 2.11. The Morgan fingerprint density at radius 3 is 2.89 bits per heavy atom. The molecule has 1 atom stereocenters. The minimum atomic E-state index is -0.0235. The fourth-order valence-corrected chi connectivity index (χ4v) is 2.07. The quantitative estimate of drug-likeness (QED) is 0.808. The number of phenols is 1. The maximum Gasteiger partial charge on any atom is 0.141 e. The smallest absolute Gasteiger partial charge is 0.141 e. The van der Waals surface area contributed by atoms with Crippen LogP contribution in [0.4, 0.5) is 0 Å². The molecule has 0 bridgehead atoms. The molecular formula is C11H12Cl2N4O. The van der Waals surface area contributed by atoms with Crippen molar-refractivity contribution in [3.8, 4) is 5.75 Å². The van der Waals surface area contributed by atoms with Gasteiger partial charge in [-0.3, -0.25) is 5.10 Å². The summed E-state index contributed by atoms with van der Waals surface area (Å²) in [6.45, 7) is 2.36. The molecule has 1 heterocycles. The van der Waals surface area contributed by atoms with Gasteiger partial charge in [0.05, 0.1) is 11.1 Å². The first-order valence-corrected chi connectivity index (χ1v) is 6.09. The highest BCUT2D eigenvalue weighted by Crippen LogP contribution is 2.31. The molecule has 2 rings (SSSR count). The van der Waals surface area contributed by atoms with Crippen molar-refractivity contribution in [3.05, 3.63) is 39.9 Å². The Balaban J connectivity index is 2.06. The van der Waals surface area contributed by atoms with Crippen LogP contribution in [0.15, 0.2) is 18.5 Å². The summed E-state index contributed by atoms with van der Waals surface area (Å²) >= 11 is 11.7. The molecule has 0 aliphatic heterocycles. The molecule has 3 N–H and O–H groups in total. The largest absolute Gasteiger partial charge is 0.506 e. The minimum absolute atomic E-state index is 0.0235. The normalized spacial score (nSPS) is 12.6. The van der Waals surface area contributed by atoms with Gasteiger partial charge in [-0.1, -0.05) is 23.2 Å². The average molecular weight is 287 g/mol. The zero-order valence-electron chi connectivity index (χ0n) is 9.61. The molecule has 0 spiro atoms. The molecule has 0 fully saturated rings. The van der Waals surface area contributed by atoms with E-state index in [2.05, 4.69) is 20.5 Å². The molecule has 18 heavy (non-hydrogen) atoms. The highest BCUT2D eigenvalue weighted by atomic mass is 35.5. The maximum atomic E-state index is 9.80. The number of benzene rings is 1. The molecule has 0 aliphatic rings. The van der Waals surface area contributed by atoms with Gasteiger partial charge in [0.25, 0.3) is 0 Å². The molecule has 1 aromatic carbocycles. The van der Waals surface area contributed by atoms with Gasteiger partial charge in [0, 0.05) is 17.1 Å². The predicted octanol–water partition coefficient (Wildman–Crippen LogP) is 2.67. The minimum Gasteiger partial charge on any atom is -0.506 e. The first-order valence-electron chi connectivity index (χ1n) is 5.33. The lowest BCUT2D eigenvalue weighted by atomic mass is 10.2. The lowest BCUT2D eigenvalue weighted by Crippen LogP contribution is -2.19. The van der Waals surface area contributed by atoms with Gasteiger partial charge in [-0.15, -0.1) is 0 Å². The van der Waals surface area contributed by atoms with E-state index in [4.69, 9.17) is 23.2 Å². The van der Waals surface area contributed by atoms with Crippen molar-refractivity contribution in [2.75, 3.05) is 0 Å². The summed E-state index contributed by atoms with van der Waals surface area (Å²) < 4.78 is 0. The average Bonchev–Trinajstić information content (AvgIpc) is 2.85. The van der Waals surface area contributed by atoms with Crippen LogP contribution in [-0.4, -0.2) is 20.3 Å². The van der Waals surface area contributed by atoms with Crippen molar-refractivity contribution in [1.29, 1.82) is 0 Å². The fraction of sp³-hybridized carbons (Fsp3) is 0.273. The second-order valence-electron chi connectivity index (χ2n) is 3.87. The summed E-state index contributed by atoms with van der Waals surface area (Å²) in [5.41, 5.74) is 0.638. The summed E-state index contributed by atoms with van der Waals surface area (Å²) in [4.78, 5) is 4.04. The van der Waals surface area contributed by atoms with E-state index in [0.717, 1.165) is 5.82 Å². The molecule has 1 unspecified atom stereocenters. The van der Waals surface area contributed by atoms with E-state index in [9.17, 15) is 5.11 Å². The third-order valence-corrected chi connectivity index (χ3v) is 3.06. The number of hydrogen-bond donors (Lipinski definition) is 3. The van der Waals surface area contributed by atoms with E-state index in [0.29, 0.717) is 17.1 Å². The lowest BCUT2D eigenvalue weighted by molar-refractivity contribution is 0.459. The standard InChI is InChI=1S/C11H12Cl2N4O/c1-6(11-15-5-16-17-11)14-4-7-2-8(12)3-9(13)10(7)18/h2-3,5-6,14,18H,4H2,1H3,(H,15,16,17). The van der Waals surface area contributed by atoms with Crippen LogP contribution >= 0.6 is 23.2 Å². The van der Waals surface area contributed by atoms with Gasteiger partial charge < -0.3 is 10.4 Å². The molecule has 0 radical (unpaired) electrons. The first-order chi connectivity index (χ1) is 8.58. The summed E-state index contributed by atoms with van der Waals surface area (Å²) in [6.07, 6.45) is 1.45. The molecule has 7 heteroatoms. The van der Waals surface area contributed by atoms with E-state index < -0.39 is 0 Å².